The molecule has 6 rings (SSSR count). The molecule has 4 aromatic carbocycles. The van der Waals surface area contributed by atoms with Crippen molar-refractivity contribution in [1.29, 1.82) is 0 Å². The number of pyridine rings is 1. The van der Waals surface area contributed by atoms with E-state index in [0.717, 1.165) is 34.6 Å². The molecule has 1 aliphatic rings. The van der Waals surface area contributed by atoms with E-state index in [9.17, 15) is 21.7 Å². The van der Waals surface area contributed by atoms with Crippen LogP contribution in [0.4, 0.5) is 21.7 Å². The van der Waals surface area contributed by atoms with Crippen LogP contribution in [0.1, 0.15) is 11.6 Å². The lowest BCUT2D eigenvalue weighted by Crippen LogP contribution is -2.49. The first kappa shape index (κ1) is 26.2. The number of halogens is 5. The third-order valence-electron chi connectivity index (χ3n) is 6.38. The molecule has 0 amide bonds. The van der Waals surface area contributed by atoms with Crippen LogP contribution in [0.15, 0.2) is 127 Å². The van der Waals surface area contributed by atoms with Gasteiger partial charge in [-0.15, -0.1) is 0 Å². The third-order valence-corrected chi connectivity index (χ3v) is 6.38. The van der Waals surface area contributed by atoms with Gasteiger partial charge >= 0.3 is 7.25 Å². The maximum absolute atomic E-state index is 13.5. The van der Waals surface area contributed by atoms with Crippen LogP contribution >= 0.6 is 0 Å². The SMILES string of the molecule is F[B-](F)(F)F.Fc1ccc(C2CN2[n+]2c(-c3ccccc3)cc(-c3ccccc3)cc2-c2ccccc2)cc1. The molecule has 0 aliphatic carbocycles. The van der Waals surface area contributed by atoms with Crippen LogP contribution in [0.2, 0.25) is 0 Å². The van der Waals surface area contributed by atoms with Crippen LogP contribution in [0.25, 0.3) is 33.6 Å². The van der Waals surface area contributed by atoms with Gasteiger partial charge in [0.2, 0.25) is 11.4 Å². The van der Waals surface area contributed by atoms with Crippen molar-refractivity contribution in [3.63, 3.8) is 0 Å². The van der Waals surface area contributed by atoms with E-state index in [1.807, 2.05) is 30.3 Å². The average molecular weight is 530 g/mol. The molecule has 2 nitrogen and oxygen atoms in total. The number of aromatic nitrogens is 1. The molecule has 1 unspecified atom stereocenters. The second kappa shape index (κ2) is 11.1. The van der Waals surface area contributed by atoms with Crippen molar-refractivity contribution in [2.75, 3.05) is 11.6 Å². The summed E-state index contributed by atoms with van der Waals surface area (Å²) in [6.45, 7) is 0.876. The molecular formula is C31H24BF5N2. The van der Waals surface area contributed by atoms with Crippen molar-refractivity contribution in [2.45, 2.75) is 6.04 Å². The maximum atomic E-state index is 13.5. The van der Waals surface area contributed by atoms with Crippen molar-refractivity contribution in [3.8, 4) is 33.6 Å². The molecule has 1 aromatic heterocycles. The van der Waals surface area contributed by atoms with E-state index in [-0.39, 0.29) is 11.9 Å². The highest BCUT2D eigenvalue weighted by Gasteiger charge is 2.46. The van der Waals surface area contributed by atoms with Crippen molar-refractivity contribution >= 4 is 7.25 Å². The van der Waals surface area contributed by atoms with Gasteiger partial charge in [-0.05, 0) is 53.1 Å². The fourth-order valence-electron chi connectivity index (χ4n) is 4.60. The van der Waals surface area contributed by atoms with Crippen molar-refractivity contribution < 1.29 is 26.3 Å². The van der Waals surface area contributed by atoms with E-state index >= 15 is 0 Å². The van der Waals surface area contributed by atoms with Gasteiger partial charge in [-0.1, -0.05) is 83.5 Å². The summed E-state index contributed by atoms with van der Waals surface area (Å²) >= 11 is 0. The minimum Gasteiger partial charge on any atom is -0.418 e. The molecule has 0 bridgehead atoms. The zero-order valence-electron chi connectivity index (χ0n) is 20.8. The molecule has 2 heterocycles. The summed E-state index contributed by atoms with van der Waals surface area (Å²) < 4.78 is 54.9. The smallest absolute Gasteiger partial charge is 0.418 e. The Bertz CT molecular complexity index is 1460. The summed E-state index contributed by atoms with van der Waals surface area (Å²) in [7, 11) is -6.00. The monoisotopic (exact) mass is 530 g/mol. The molecule has 0 spiro atoms. The quantitative estimate of drug-likeness (QED) is 0.0964. The van der Waals surface area contributed by atoms with E-state index in [1.54, 1.807) is 12.1 Å². The zero-order chi connectivity index (χ0) is 27.4. The number of nitrogens with zero attached hydrogens (tertiary/aromatic N) is 2. The number of hydrogen-bond donors (Lipinski definition) is 0. The highest BCUT2D eigenvalue weighted by molar-refractivity contribution is 6.50. The Labute approximate surface area is 223 Å². The van der Waals surface area contributed by atoms with Gasteiger partial charge in [-0.2, -0.15) is 5.01 Å². The highest BCUT2D eigenvalue weighted by Crippen LogP contribution is 2.35. The van der Waals surface area contributed by atoms with E-state index in [4.69, 9.17) is 0 Å². The normalized spacial score (nSPS) is 14.4. The molecule has 39 heavy (non-hydrogen) atoms. The minimum atomic E-state index is -6.00. The van der Waals surface area contributed by atoms with Crippen LogP contribution in [0, 0.1) is 5.82 Å². The van der Waals surface area contributed by atoms with E-state index in [0.29, 0.717) is 0 Å². The molecule has 0 saturated carbocycles. The molecule has 1 aliphatic heterocycles. The first-order valence-corrected chi connectivity index (χ1v) is 12.4. The standard InChI is InChI=1S/C31H24FN2.BF4/c32-28-18-16-26(17-19-28)31-22-33(31)34-29(24-12-6-2-7-13-24)20-27(23-10-4-1-5-11-23)21-30(34)25-14-8-3-9-15-25;2-1(3,4)5/h1-21,31H,22H2;/q+1;-1. The molecule has 196 valence electrons. The number of rotatable bonds is 5. The Morgan fingerprint density at radius 3 is 1.41 bits per heavy atom. The van der Waals surface area contributed by atoms with Crippen molar-refractivity contribution in [2.24, 2.45) is 0 Å². The van der Waals surface area contributed by atoms with Crippen LogP contribution in [-0.4, -0.2) is 13.8 Å². The van der Waals surface area contributed by atoms with Crippen LogP contribution < -0.4 is 9.69 Å². The predicted octanol–water partition coefficient (Wildman–Crippen LogP) is 8.11. The first-order valence-electron chi connectivity index (χ1n) is 12.4. The summed E-state index contributed by atoms with van der Waals surface area (Å²) in [5.41, 5.74) is 8.05. The van der Waals surface area contributed by atoms with E-state index in [2.05, 4.69) is 94.6 Å². The molecule has 1 atom stereocenters. The van der Waals surface area contributed by atoms with Crippen molar-refractivity contribution in [1.82, 2.24) is 0 Å². The molecule has 0 radical (unpaired) electrons. The summed E-state index contributed by atoms with van der Waals surface area (Å²) in [5, 5.41) is 2.35. The highest BCUT2D eigenvalue weighted by atomic mass is 19.5. The zero-order valence-corrected chi connectivity index (χ0v) is 20.8. The largest absolute Gasteiger partial charge is 0.673 e. The second-order valence-corrected chi connectivity index (χ2v) is 9.11. The fraction of sp³-hybridized carbons (Fsp3) is 0.0645. The lowest BCUT2D eigenvalue weighted by atomic mass is 9.99. The van der Waals surface area contributed by atoms with E-state index < -0.39 is 7.25 Å². The number of benzene rings is 4. The topological polar surface area (TPSA) is 6.89 Å². The van der Waals surface area contributed by atoms with Gasteiger partial charge in [0.25, 0.3) is 0 Å². The Hall–Kier alpha value is -4.46. The predicted molar refractivity (Wildman–Crippen MR) is 145 cm³/mol. The Balaban J connectivity index is 0.000000567. The van der Waals surface area contributed by atoms with Crippen LogP contribution in [0.5, 0.6) is 0 Å². The van der Waals surface area contributed by atoms with Crippen LogP contribution in [0.3, 0.4) is 0 Å². The molecule has 0 N–H and O–H groups in total. The lowest BCUT2D eigenvalue weighted by molar-refractivity contribution is -0.655. The fourth-order valence-corrected chi connectivity index (χ4v) is 4.60. The van der Waals surface area contributed by atoms with Gasteiger partial charge in [0.1, 0.15) is 18.4 Å². The molecule has 1 saturated heterocycles. The van der Waals surface area contributed by atoms with Crippen LogP contribution in [-0.2, 0) is 0 Å². The number of hydrogen-bond acceptors (Lipinski definition) is 1. The Kier molecular flexibility index (Phi) is 7.45. The lowest BCUT2D eigenvalue weighted by Gasteiger charge is -2.13. The average Bonchev–Trinajstić information content (AvgIpc) is 3.74. The molecule has 8 heteroatoms. The summed E-state index contributed by atoms with van der Waals surface area (Å²) in [5.74, 6) is -0.203. The first-order chi connectivity index (χ1) is 18.8. The van der Waals surface area contributed by atoms with Gasteiger partial charge in [-0.3, -0.25) is 0 Å². The summed E-state index contributed by atoms with van der Waals surface area (Å²) in [4.78, 5) is 0. The van der Waals surface area contributed by atoms with E-state index in [1.165, 1.54) is 11.1 Å². The summed E-state index contributed by atoms with van der Waals surface area (Å²) in [6.07, 6.45) is 0. The Morgan fingerprint density at radius 2 is 0.974 bits per heavy atom. The second-order valence-electron chi connectivity index (χ2n) is 9.11. The van der Waals surface area contributed by atoms with Gasteiger partial charge < -0.3 is 17.3 Å². The van der Waals surface area contributed by atoms with Crippen molar-refractivity contribution in [3.05, 3.63) is 139 Å². The third kappa shape index (κ3) is 6.52. The van der Waals surface area contributed by atoms with Gasteiger partial charge in [0.05, 0.1) is 0 Å². The van der Waals surface area contributed by atoms with Gasteiger partial charge in [0, 0.05) is 23.3 Å². The Morgan fingerprint density at radius 1 is 0.564 bits per heavy atom. The summed E-state index contributed by atoms with van der Waals surface area (Å²) in [6, 6.07) is 43.2. The molecular weight excluding hydrogens is 506 g/mol. The maximum Gasteiger partial charge on any atom is 0.673 e. The minimum absolute atomic E-state index is 0.203. The van der Waals surface area contributed by atoms with Gasteiger partial charge in [0.15, 0.2) is 0 Å². The molecule has 5 aromatic rings. The van der Waals surface area contributed by atoms with Gasteiger partial charge in [-0.25, -0.2) is 4.39 Å². The molecule has 1 fully saturated rings.